The molecule has 1 atom stereocenters. The molecule has 0 aliphatic heterocycles. The zero-order valence-corrected chi connectivity index (χ0v) is 17.1. The first-order valence-electron chi connectivity index (χ1n) is 9.75. The SMILES string of the molecule is COc1ccc(N(C(=O)CCc2cccc(OC)c2OC)C(C)C2CC2)cc1. The predicted octanol–water partition coefficient (Wildman–Crippen LogP) is 4.48. The van der Waals surface area contributed by atoms with Crippen molar-refractivity contribution in [1.29, 1.82) is 0 Å². The molecule has 5 nitrogen and oxygen atoms in total. The maximum Gasteiger partial charge on any atom is 0.227 e. The molecule has 1 aliphatic rings. The van der Waals surface area contributed by atoms with E-state index in [1.54, 1.807) is 21.3 Å². The molecule has 1 fully saturated rings. The van der Waals surface area contributed by atoms with Crippen LogP contribution in [0.2, 0.25) is 0 Å². The molecule has 28 heavy (non-hydrogen) atoms. The predicted molar refractivity (Wildman–Crippen MR) is 111 cm³/mol. The Kier molecular flexibility index (Phi) is 6.45. The van der Waals surface area contributed by atoms with Gasteiger partial charge in [-0.3, -0.25) is 4.79 Å². The minimum Gasteiger partial charge on any atom is -0.497 e. The van der Waals surface area contributed by atoms with E-state index in [1.165, 1.54) is 12.8 Å². The molecule has 0 aromatic heterocycles. The molecule has 1 amide bonds. The summed E-state index contributed by atoms with van der Waals surface area (Å²) < 4.78 is 16.1. The summed E-state index contributed by atoms with van der Waals surface area (Å²) in [6, 6.07) is 13.7. The number of amides is 1. The van der Waals surface area contributed by atoms with Crippen LogP contribution in [0.5, 0.6) is 17.2 Å². The Bertz CT molecular complexity index is 799. The normalized spacial score (nSPS) is 14.3. The van der Waals surface area contributed by atoms with E-state index >= 15 is 0 Å². The van der Waals surface area contributed by atoms with E-state index in [0.29, 0.717) is 30.3 Å². The quantitative estimate of drug-likeness (QED) is 0.641. The summed E-state index contributed by atoms with van der Waals surface area (Å²) >= 11 is 0. The number of hydrogen-bond donors (Lipinski definition) is 0. The van der Waals surface area contributed by atoms with Gasteiger partial charge in [-0.1, -0.05) is 12.1 Å². The Balaban J connectivity index is 1.78. The van der Waals surface area contributed by atoms with Crippen LogP contribution in [0, 0.1) is 5.92 Å². The fourth-order valence-corrected chi connectivity index (χ4v) is 3.65. The maximum atomic E-state index is 13.2. The van der Waals surface area contributed by atoms with Crippen molar-refractivity contribution in [2.75, 3.05) is 26.2 Å². The first-order valence-corrected chi connectivity index (χ1v) is 9.75. The number of aryl methyl sites for hydroxylation is 1. The summed E-state index contributed by atoms with van der Waals surface area (Å²) in [7, 11) is 4.89. The smallest absolute Gasteiger partial charge is 0.227 e. The van der Waals surface area contributed by atoms with Gasteiger partial charge in [0, 0.05) is 18.2 Å². The van der Waals surface area contributed by atoms with Crippen LogP contribution >= 0.6 is 0 Å². The van der Waals surface area contributed by atoms with E-state index in [0.717, 1.165) is 17.0 Å². The molecule has 2 aromatic rings. The van der Waals surface area contributed by atoms with E-state index < -0.39 is 0 Å². The van der Waals surface area contributed by atoms with Crippen LogP contribution in [0.4, 0.5) is 5.69 Å². The number of carbonyl (C=O) groups excluding carboxylic acids is 1. The molecule has 0 saturated heterocycles. The van der Waals surface area contributed by atoms with Gasteiger partial charge < -0.3 is 19.1 Å². The molecule has 0 radical (unpaired) electrons. The Labute approximate surface area is 167 Å². The third-order valence-electron chi connectivity index (χ3n) is 5.42. The molecule has 0 bridgehead atoms. The van der Waals surface area contributed by atoms with Crippen LogP contribution in [0.25, 0.3) is 0 Å². The zero-order valence-electron chi connectivity index (χ0n) is 17.1. The number of rotatable bonds is 9. The highest BCUT2D eigenvalue weighted by Crippen LogP contribution is 2.38. The van der Waals surface area contributed by atoms with Crippen LogP contribution < -0.4 is 19.1 Å². The molecule has 1 unspecified atom stereocenters. The molecule has 1 aliphatic carbocycles. The Hall–Kier alpha value is -2.69. The van der Waals surface area contributed by atoms with Gasteiger partial charge >= 0.3 is 0 Å². The molecule has 0 N–H and O–H groups in total. The van der Waals surface area contributed by atoms with Gasteiger partial charge in [0.05, 0.1) is 21.3 Å². The number of hydrogen-bond acceptors (Lipinski definition) is 4. The third kappa shape index (κ3) is 4.41. The van der Waals surface area contributed by atoms with Gasteiger partial charge in [-0.2, -0.15) is 0 Å². The highest BCUT2D eigenvalue weighted by molar-refractivity contribution is 5.94. The summed E-state index contributed by atoms with van der Waals surface area (Å²) in [5, 5.41) is 0. The Morgan fingerprint density at radius 1 is 1.04 bits per heavy atom. The Morgan fingerprint density at radius 3 is 2.32 bits per heavy atom. The van der Waals surface area contributed by atoms with Crippen LogP contribution in [0.3, 0.4) is 0 Å². The summed E-state index contributed by atoms with van der Waals surface area (Å²) in [6.45, 7) is 2.14. The largest absolute Gasteiger partial charge is 0.497 e. The van der Waals surface area contributed by atoms with Crippen molar-refractivity contribution in [2.24, 2.45) is 5.92 Å². The zero-order chi connectivity index (χ0) is 20.1. The van der Waals surface area contributed by atoms with Crippen LogP contribution in [-0.4, -0.2) is 33.3 Å². The van der Waals surface area contributed by atoms with E-state index in [-0.39, 0.29) is 11.9 Å². The molecular weight excluding hydrogens is 354 g/mol. The molecule has 0 heterocycles. The lowest BCUT2D eigenvalue weighted by molar-refractivity contribution is -0.119. The minimum atomic E-state index is 0.120. The van der Waals surface area contributed by atoms with Crippen molar-refractivity contribution in [3.05, 3.63) is 48.0 Å². The highest BCUT2D eigenvalue weighted by Gasteiger charge is 2.35. The standard InChI is InChI=1S/C23H29NO4/c1-16(17-8-9-17)24(19-11-13-20(26-2)14-12-19)22(25)15-10-18-6-5-7-21(27-3)23(18)28-4/h5-7,11-14,16-17H,8-10,15H2,1-4H3. The third-order valence-corrected chi connectivity index (χ3v) is 5.42. The molecule has 0 spiro atoms. The van der Waals surface area contributed by atoms with E-state index in [2.05, 4.69) is 6.92 Å². The average molecular weight is 383 g/mol. The number of carbonyl (C=O) groups is 1. The van der Waals surface area contributed by atoms with Gasteiger partial charge in [0.15, 0.2) is 11.5 Å². The lowest BCUT2D eigenvalue weighted by Gasteiger charge is -2.30. The van der Waals surface area contributed by atoms with Crippen LogP contribution in [-0.2, 0) is 11.2 Å². The molecule has 1 saturated carbocycles. The number of para-hydroxylation sites is 1. The molecule has 5 heteroatoms. The van der Waals surface area contributed by atoms with Crippen LogP contribution in [0.15, 0.2) is 42.5 Å². The molecule has 3 rings (SSSR count). The van der Waals surface area contributed by atoms with E-state index in [9.17, 15) is 4.79 Å². The summed E-state index contributed by atoms with van der Waals surface area (Å²) in [6.07, 6.45) is 3.38. The van der Waals surface area contributed by atoms with Crippen molar-refractivity contribution in [2.45, 2.75) is 38.6 Å². The van der Waals surface area contributed by atoms with Crippen molar-refractivity contribution in [1.82, 2.24) is 0 Å². The van der Waals surface area contributed by atoms with Crippen molar-refractivity contribution >= 4 is 11.6 Å². The average Bonchev–Trinajstić information content (AvgIpc) is 3.57. The number of benzene rings is 2. The first kappa shape index (κ1) is 20.1. The number of methoxy groups -OCH3 is 3. The summed E-state index contributed by atoms with van der Waals surface area (Å²) in [5.41, 5.74) is 1.90. The van der Waals surface area contributed by atoms with Crippen molar-refractivity contribution in [3.8, 4) is 17.2 Å². The fraction of sp³-hybridized carbons (Fsp3) is 0.435. The van der Waals surface area contributed by atoms with Crippen LogP contribution in [0.1, 0.15) is 31.7 Å². The van der Waals surface area contributed by atoms with E-state index in [4.69, 9.17) is 14.2 Å². The van der Waals surface area contributed by atoms with Gasteiger partial charge in [0.2, 0.25) is 5.91 Å². The number of ether oxygens (including phenoxy) is 3. The fourth-order valence-electron chi connectivity index (χ4n) is 3.65. The lowest BCUT2D eigenvalue weighted by Crippen LogP contribution is -2.40. The molecular formula is C23H29NO4. The number of nitrogens with zero attached hydrogens (tertiary/aromatic N) is 1. The minimum absolute atomic E-state index is 0.120. The Morgan fingerprint density at radius 2 is 1.75 bits per heavy atom. The van der Waals surface area contributed by atoms with E-state index in [1.807, 2.05) is 47.4 Å². The maximum absolute atomic E-state index is 13.2. The topological polar surface area (TPSA) is 48.0 Å². The van der Waals surface area contributed by atoms with Gasteiger partial charge in [0.1, 0.15) is 5.75 Å². The molecule has 2 aromatic carbocycles. The summed E-state index contributed by atoms with van der Waals surface area (Å²) in [4.78, 5) is 15.2. The monoisotopic (exact) mass is 383 g/mol. The second-order valence-corrected chi connectivity index (χ2v) is 7.19. The number of anilines is 1. The summed E-state index contributed by atoms with van der Waals surface area (Å²) in [5.74, 6) is 2.87. The van der Waals surface area contributed by atoms with Crippen molar-refractivity contribution in [3.63, 3.8) is 0 Å². The molecule has 150 valence electrons. The highest BCUT2D eigenvalue weighted by atomic mass is 16.5. The lowest BCUT2D eigenvalue weighted by atomic mass is 10.1. The second kappa shape index (κ2) is 9.00. The van der Waals surface area contributed by atoms with Gasteiger partial charge in [-0.05, 0) is 68.0 Å². The van der Waals surface area contributed by atoms with Gasteiger partial charge in [-0.15, -0.1) is 0 Å². The van der Waals surface area contributed by atoms with Crippen molar-refractivity contribution < 1.29 is 19.0 Å². The van der Waals surface area contributed by atoms with Gasteiger partial charge in [-0.25, -0.2) is 0 Å². The first-order chi connectivity index (χ1) is 13.6. The second-order valence-electron chi connectivity index (χ2n) is 7.19. The van der Waals surface area contributed by atoms with Gasteiger partial charge in [0.25, 0.3) is 0 Å².